The van der Waals surface area contributed by atoms with Crippen LogP contribution < -0.4 is 0 Å². The molecule has 0 unspecified atom stereocenters. The highest BCUT2D eigenvalue weighted by Gasteiger charge is 2.42. The van der Waals surface area contributed by atoms with E-state index in [1.807, 2.05) is 0 Å². The zero-order chi connectivity index (χ0) is 14.5. The van der Waals surface area contributed by atoms with Gasteiger partial charge in [-0.25, -0.2) is 0 Å². The fraction of sp³-hybridized carbons (Fsp3) is 0.737. The Balaban J connectivity index is 2.52. The molecule has 0 nitrogen and oxygen atoms in total. The molecule has 0 amide bonds. The normalized spacial score (nSPS) is 19.3. The van der Waals surface area contributed by atoms with Crippen LogP contribution in [0.15, 0.2) is 0 Å². The first-order valence-corrected chi connectivity index (χ1v) is 8.11. The van der Waals surface area contributed by atoms with E-state index in [0.29, 0.717) is 10.8 Å². The van der Waals surface area contributed by atoms with Crippen LogP contribution in [0.25, 0.3) is 0 Å². The average molecular weight is 261 g/mol. The van der Waals surface area contributed by atoms with E-state index in [0.717, 1.165) is 0 Å². The molecule has 0 aromatic carbocycles. The van der Waals surface area contributed by atoms with Crippen LogP contribution in [0.1, 0.15) is 80.1 Å². The molecule has 0 aliphatic heterocycles. The third-order valence-electron chi connectivity index (χ3n) is 4.63. The van der Waals surface area contributed by atoms with Crippen molar-refractivity contribution in [1.29, 1.82) is 0 Å². The summed E-state index contributed by atoms with van der Waals surface area (Å²) in [6, 6.07) is 0. The first kappa shape index (κ1) is 17.1. The van der Waals surface area contributed by atoms with Crippen molar-refractivity contribution in [1.82, 2.24) is 0 Å². The van der Waals surface area contributed by atoms with Gasteiger partial charge in [0.15, 0.2) is 0 Å². The zero-order valence-corrected chi connectivity index (χ0v) is 14.0. The summed E-state index contributed by atoms with van der Waals surface area (Å²) < 4.78 is 0. The molecule has 0 aromatic heterocycles. The summed E-state index contributed by atoms with van der Waals surface area (Å²) in [6.45, 7) is 14.1. The molecule has 0 bridgehead atoms. The Kier molecular flexibility index (Phi) is 6.40. The quantitative estimate of drug-likeness (QED) is 0.488. The summed E-state index contributed by atoms with van der Waals surface area (Å²) >= 11 is 0. The van der Waals surface area contributed by atoms with Gasteiger partial charge in [-0.05, 0) is 54.8 Å². The molecule has 0 heterocycles. The maximum Gasteiger partial charge on any atom is -0.0107 e. The van der Waals surface area contributed by atoms with Crippen LogP contribution in [0.3, 0.4) is 0 Å². The predicted octanol–water partition coefficient (Wildman–Crippen LogP) is 6.19. The topological polar surface area (TPSA) is 0 Å². The lowest BCUT2D eigenvalue weighted by Gasteiger charge is -2.34. The van der Waals surface area contributed by atoms with Gasteiger partial charge in [-0.3, -0.25) is 0 Å². The molecule has 1 rings (SSSR count). The van der Waals surface area contributed by atoms with Gasteiger partial charge in [0.25, 0.3) is 0 Å². The highest BCUT2D eigenvalue weighted by atomic mass is 14.5. The second-order valence-corrected chi connectivity index (χ2v) is 7.36. The van der Waals surface area contributed by atoms with E-state index < -0.39 is 0 Å². The maximum absolute atomic E-state index is 2.46. The molecule has 0 N–H and O–H groups in total. The van der Waals surface area contributed by atoms with Crippen LogP contribution in [-0.4, -0.2) is 0 Å². The molecule has 1 saturated carbocycles. The van der Waals surface area contributed by atoms with Crippen molar-refractivity contribution in [3.05, 3.63) is 31.1 Å². The lowest BCUT2D eigenvalue weighted by molar-refractivity contribution is 0.343. The first-order valence-electron chi connectivity index (χ1n) is 8.11. The third-order valence-corrected chi connectivity index (χ3v) is 4.63. The highest BCUT2D eigenvalue weighted by molar-refractivity contribution is 5.47. The van der Waals surface area contributed by atoms with Crippen molar-refractivity contribution in [2.24, 2.45) is 10.8 Å². The van der Waals surface area contributed by atoms with Crippen molar-refractivity contribution in [2.45, 2.75) is 80.1 Å². The van der Waals surface area contributed by atoms with E-state index in [-0.39, 0.29) is 0 Å². The summed E-state index contributed by atoms with van der Waals surface area (Å²) in [5, 5.41) is 0. The lowest BCUT2D eigenvalue weighted by Crippen LogP contribution is -2.24. The predicted molar refractivity (Wildman–Crippen MR) is 86.0 cm³/mol. The molecular formula is C19H33. The van der Waals surface area contributed by atoms with E-state index in [4.69, 9.17) is 0 Å². The molecule has 0 atom stereocenters. The van der Waals surface area contributed by atoms with Crippen LogP contribution in [0.5, 0.6) is 0 Å². The molecule has 1 aliphatic carbocycles. The van der Waals surface area contributed by atoms with Gasteiger partial charge in [0, 0.05) is 0 Å². The fourth-order valence-electron chi connectivity index (χ4n) is 2.81. The molecule has 19 heavy (non-hydrogen) atoms. The fourth-order valence-corrected chi connectivity index (χ4v) is 2.81. The van der Waals surface area contributed by atoms with Crippen molar-refractivity contribution in [2.75, 3.05) is 0 Å². The van der Waals surface area contributed by atoms with Gasteiger partial charge in [0.2, 0.25) is 0 Å². The molecule has 5 radical (unpaired) electrons. The second kappa shape index (κ2) is 7.14. The summed E-state index contributed by atoms with van der Waals surface area (Å²) in [7, 11) is 0. The molecular weight excluding hydrogens is 228 g/mol. The minimum Gasteiger partial charge on any atom is -0.0654 e. The lowest BCUT2D eigenvalue weighted by atomic mass is 9.70. The second-order valence-electron chi connectivity index (χ2n) is 7.36. The van der Waals surface area contributed by atoms with Crippen molar-refractivity contribution < 1.29 is 0 Å². The van der Waals surface area contributed by atoms with Crippen molar-refractivity contribution in [3.63, 3.8) is 0 Å². The molecule has 0 heteroatoms. The van der Waals surface area contributed by atoms with Crippen molar-refractivity contribution in [3.8, 4) is 0 Å². The monoisotopic (exact) mass is 261 g/mol. The van der Waals surface area contributed by atoms with E-state index in [1.54, 1.807) is 0 Å². The Bertz CT molecular complexity index is 223. The highest BCUT2D eigenvalue weighted by Crippen LogP contribution is 2.52. The van der Waals surface area contributed by atoms with Gasteiger partial charge in [-0.2, -0.15) is 0 Å². The Morgan fingerprint density at radius 3 is 1.42 bits per heavy atom. The van der Waals surface area contributed by atoms with Gasteiger partial charge >= 0.3 is 0 Å². The van der Waals surface area contributed by atoms with Gasteiger partial charge in [-0.15, -0.1) is 0 Å². The van der Waals surface area contributed by atoms with Crippen LogP contribution in [0, 0.1) is 41.9 Å². The number of hydrogen-bond donors (Lipinski definition) is 0. The first-order chi connectivity index (χ1) is 8.83. The van der Waals surface area contributed by atoms with E-state index in [2.05, 4.69) is 60.8 Å². The maximum atomic E-state index is 2.46. The van der Waals surface area contributed by atoms with E-state index in [1.165, 1.54) is 50.4 Å². The van der Waals surface area contributed by atoms with Crippen LogP contribution in [0.2, 0.25) is 0 Å². The Morgan fingerprint density at radius 2 is 1.11 bits per heavy atom. The number of rotatable bonds is 8. The van der Waals surface area contributed by atoms with Gasteiger partial charge in [0.05, 0.1) is 0 Å². The largest absolute Gasteiger partial charge is 0.0654 e. The van der Waals surface area contributed by atoms with Crippen molar-refractivity contribution >= 4 is 0 Å². The molecule has 0 aromatic rings. The smallest absolute Gasteiger partial charge is 0.0107 e. The number of hydrogen-bond acceptors (Lipinski definition) is 0. The van der Waals surface area contributed by atoms with E-state index >= 15 is 0 Å². The minimum atomic E-state index is 0.328. The van der Waals surface area contributed by atoms with Crippen LogP contribution in [-0.2, 0) is 0 Å². The van der Waals surface area contributed by atoms with Crippen LogP contribution in [0.4, 0.5) is 0 Å². The van der Waals surface area contributed by atoms with E-state index in [9.17, 15) is 0 Å². The number of unbranched alkanes of at least 4 members (excludes halogenated alkanes) is 2. The Morgan fingerprint density at radius 1 is 0.737 bits per heavy atom. The summed E-state index contributed by atoms with van der Waals surface area (Å²) in [5.41, 5.74) is 0.657. The average Bonchev–Trinajstić information content (AvgIpc) is 2.85. The molecule has 1 aliphatic rings. The summed E-state index contributed by atoms with van der Waals surface area (Å²) in [4.78, 5) is 0. The van der Waals surface area contributed by atoms with Gasteiger partial charge in [0.1, 0.15) is 0 Å². The van der Waals surface area contributed by atoms with Crippen LogP contribution >= 0.6 is 0 Å². The third kappa shape index (κ3) is 4.80. The molecule has 1 fully saturated rings. The van der Waals surface area contributed by atoms with Gasteiger partial charge in [-0.1, -0.05) is 67.2 Å². The SMILES string of the molecule is CCCCC(C)(C)[C]1[CH][CH][C](C(C)(C)CCCC)[CH]1. The summed E-state index contributed by atoms with van der Waals surface area (Å²) in [6.07, 6.45) is 15.0. The van der Waals surface area contributed by atoms with Gasteiger partial charge < -0.3 is 0 Å². The minimum absolute atomic E-state index is 0.328. The zero-order valence-electron chi connectivity index (χ0n) is 14.0. The Labute approximate surface area is 122 Å². The standard InChI is InChI=1S/C19H33/c1-7-9-13-18(3,4)16-11-12-17(15-16)19(5,6)14-10-8-2/h11-12,15H,7-10,13-14H2,1-6H3. The summed E-state index contributed by atoms with van der Waals surface area (Å²) in [5.74, 6) is 3.06. The Hall–Kier alpha value is 0. The molecule has 0 spiro atoms. The molecule has 109 valence electrons. The molecule has 0 saturated heterocycles.